The molecular weight excluding hydrogens is 984 g/mol. The summed E-state index contributed by atoms with van der Waals surface area (Å²) < 4.78 is 28.3. The second-order valence-corrected chi connectivity index (χ2v) is 16.1. The summed E-state index contributed by atoms with van der Waals surface area (Å²) in [4.78, 5) is 62.4. The van der Waals surface area contributed by atoms with Crippen molar-refractivity contribution in [1.82, 2.24) is 45.9 Å². The Balaban J connectivity index is 0.000000168. The van der Waals surface area contributed by atoms with Crippen LogP contribution in [0.4, 0.5) is 4.39 Å². The Hall–Kier alpha value is -10.5. The number of fused-ring (bicyclic) bond motifs is 3. The lowest BCUT2D eigenvalue weighted by atomic mass is 9.96. The fourth-order valence-corrected chi connectivity index (χ4v) is 8.17. The summed E-state index contributed by atoms with van der Waals surface area (Å²) in [6.07, 6.45) is 9.87. The van der Waals surface area contributed by atoms with Gasteiger partial charge in [-0.05, 0) is 95.9 Å². The molecule has 20 heteroatoms. The van der Waals surface area contributed by atoms with Crippen LogP contribution in [0.2, 0.25) is 0 Å². The summed E-state index contributed by atoms with van der Waals surface area (Å²) in [6.45, 7) is 1.42. The fourth-order valence-electron chi connectivity index (χ4n) is 8.17. The highest BCUT2D eigenvalue weighted by molar-refractivity contribution is 6.13. The minimum Gasteiger partial charge on any atom is -0.497 e. The van der Waals surface area contributed by atoms with Crippen LogP contribution < -0.4 is 30.2 Å². The molecule has 0 saturated heterocycles. The minimum absolute atomic E-state index is 0.0697. The number of nitrogens with one attached hydrogen (secondary N) is 3. The number of nitriles is 3. The smallest absolute Gasteiger partial charge is 0.270 e. The Labute approximate surface area is 440 Å². The van der Waals surface area contributed by atoms with Crippen molar-refractivity contribution in [2.24, 2.45) is 0 Å². The molecule has 0 fully saturated rings. The monoisotopic (exact) mass is 1030 g/mol. The maximum atomic E-state index is 12.5. The predicted molar refractivity (Wildman–Crippen MR) is 284 cm³/mol. The lowest BCUT2D eigenvalue weighted by Crippen LogP contribution is -2.27. The van der Waals surface area contributed by atoms with Gasteiger partial charge >= 0.3 is 0 Å². The Morgan fingerprint density at radius 2 is 0.857 bits per heavy atom. The number of pyridine rings is 6. The van der Waals surface area contributed by atoms with Crippen LogP contribution in [-0.2, 0) is 0 Å². The van der Waals surface area contributed by atoms with E-state index >= 15 is 0 Å². The molecule has 0 aliphatic carbocycles. The number of halogens is 1. The molecule has 384 valence electrons. The van der Waals surface area contributed by atoms with Crippen molar-refractivity contribution in [1.29, 1.82) is 15.8 Å². The minimum atomic E-state index is -0.684. The van der Waals surface area contributed by atoms with Crippen LogP contribution in [-0.4, -0.2) is 107 Å². The zero-order valence-electron chi connectivity index (χ0n) is 42.0. The number of amides is 3. The number of hydrogen-bond donors (Lipinski definition) is 4. The SMILES string of the molecule is CCNC(=O)c1nc(C#N)c(-c2cccnc2)c2cc(OC)ccc12.COc1ccc2c(C(=O)NCCF)nc(C#N)c(-c3cccnc3)c2c1.COc1ccc2c(C(=O)NCCO)nc(C#N)c(-c3cccnc3)c2c1. The molecule has 3 amide bonds. The molecule has 19 nitrogen and oxygen atoms in total. The van der Waals surface area contributed by atoms with Gasteiger partial charge in [0.15, 0.2) is 0 Å². The van der Waals surface area contributed by atoms with E-state index in [2.05, 4.69) is 58.0 Å². The van der Waals surface area contributed by atoms with Crippen molar-refractivity contribution in [2.45, 2.75) is 6.92 Å². The number of nitrogens with zero attached hydrogens (tertiary/aromatic N) is 9. The summed E-state index contributed by atoms with van der Waals surface area (Å²) in [6, 6.07) is 32.8. The number of ether oxygens (including phenoxy) is 3. The normalized spacial score (nSPS) is 10.3. The number of methoxy groups -OCH3 is 3. The van der Waals surface area contributed by atoms with Gasteiger partial charge in [-0.25, -0.2) is 19.3 Å². The van der Waals surface area contributed by atoms with Gasteiger partial charge in [-0.2, -0.15) is 15.8 Å². The number of aliphatic hydroxyl groups is 1. The second kappa shape index (κ2) is 25.9. The molecule has 6 aromatic heterocycles. The van der Waals surface area contributed by atoms with E-state index in [1.807, 2.05) is 37.3 Å². The van der Waals surface area contributed by atoms with Gasteiger partial charge < -0.3 is 35.3 Å². The van der Waals surface area contributed by atoms with Crippen LogP contribution in [0.5, 0.6) is 17.2 Å². The molecular formula is C57H47FN12O7. The van der Waals surface area contributed by atoms with Crippen LogP contribution in [0.1, 0.15) is 55.5 Å². The van der Waals surface area contributed by atoms with E-state index in [0.29, 0.717) is 73.0 Å². The molecule has 0 spiro atoms. The van der Waals surface area contributed by atoms with Gasteiger partial charge in [0, 0.05) is 106 Å². The molecule has 77 heavy (non-hydrogen) atoms. The van der Waals surface area contributed by atoms with Crippen molar-refractivity contribution in [3.8, 4) is 68.8 Å². The molecule has 3 aromatic carbocycles. The van der Waals surface area contributed by atoms with Crippen molar-refractivity contribution >= 4 is 50.0 Å². The first-order chi connectivity index (χ1) is 37.6. The number of aliphatic hydroxyl groups excluding tert-OH is 1. The largest absolute Gasteiger partial charge is 0.497 e. The van der Waals surface area contributed by atoms with Gasteiger partial charge in [-0.3, -0.25) is 29.3 Å². The Morgan fingerprint density at radius 3 is 1.13 bits per heavy atom. The number of hydrogen-bond acceptors (Lipinski definition) is 16. The van der Waals surface area contributed by atoms with E-state index in [-0.39, 0.29) is 59.8 Å². The third kappa shape index (κ3) is 12.1. The van der Waals surface area contributed by atoms with E-state index in [1.54, 1.807) is 118 Å². The van der Waals surface area contributed by atoms with Gasteiger partial charge in [0.2, 0.25) is 0 Å². The highest BCUT2D eigenvalue weighted by atomic mass is 19.1. The first-order valence-electron chi connectivity index (χ1n) is 23.6. The Morgan fingerprint density at radius 1 is 0.519 bits per heavy atom. The molecule has 9 rings (SSSR count). The van der Waals surface area contributed by atoms with Gasteiger partial charge in [-0.15, -0.1) is 0 Å². The number of rotatable bonds is 14. The Bertz CT molecular complexity index is 3590. The second-order valence-electron chi connectivity index (χ2n) is 16.1. The zero-order chi connectivity index (χ0) is 54.8. The highest BCUT2D eigenvalue weighted by Gasteiger charge is 2.23. The van der Waals surface area contributed by atoms with E-state index < -0.39 is 18.5 Å². The average Bonchev–Trinajstić information content (AvgIpc) is 3.49. The summed E-state index contributed by atoms with van der Waals surface area (Å²) in [5.41, 5.74) is 4.77. The first kappa shape index (κ1) is 54.3. The first-order valence-corrected chi connectivity index (χ1v) is 23.6. The van der Waals surface area contributed by atoms with E-state index in [4.69, 9.17) is 19.3 Å². The molecule has 0 atom stereocenters. The molecule has 0 radical (unpaired) electrons. The number of aromatic nitrogens is 6. The van der Waals surface area contributed by atoms with Crippen molar-refractivity contribution in [3.05, 3.63) is 162 Å². The molecule has 0 unspecified atom stereocenters. The average molecular weight is 1030 g/mol. The molecule has 9 aromatic rings. The van der Waals surface area contributed by atoms with Crippen molar-refractivity contribution < 1.29 is 38.1 Å². The summed E-state index contributed by atoms with van der Waals surface area (Å²) in [5.74, 6) is 0.504. The number of benzene rings is 3. The topological polar surface area (TPSA) is 284 Å². The molecule has 0 bridgehead atoms. The van der Waals surface area contributed by atoms with Crippen LogP contribution in [0.15, 0.2) is 128 Å². The van der Waals surface area contributed by atoms with E-state index in [1.165, 1.54) is 7.11 Å². The lowest BCUT2D eigenvalue weighted by molar-refractivity contribution is 0.0936. The number of alkyl halides is 1. The molecule has 4 N–H and O–H groups in total. The van der Waals surface area contributed by atoms with Crippen LogP contribution >= 0.6 is 0 Å². The fraction of sp³-hybridized carbons (Fsp3) is 0.158. The summed E-state index contributed by atoms with van der Waals surface area (Å²) >= 11 is 0. The van der Waals surface area contributed by atoms with Gasteiger partial charge in [0.1, 0.15) is 76.3 Å². The molecule has 0 saturated carbocycles. The van der Waals surface area contributed by atoms with Crippen molar-refractivity contribution in [2.75, 3.05) is 54.2 Å². The predicted octanol–water partition coefficient (Wildman–Crippen LogP) is 7.70. The summed E-state index contributed by atoms with van der Waals surface area (Å²) in [5, 5.41) is 49.3. The summed E-state index contributed by atoms with van der Waals surface area (Å²) in [7, 11) is 4.65. The van der Waals surface area contributed by atoms with Crippen LogP contribution in [0.25, 0.3) is 65.7 Å². The van der Waals surface area contributed by atoms with Gasteiger partial charge in [0.05, 0.1) is 27.9 Å². The van der Waals surface area contributed by atoms with E-state index in [0.717, 1.165) is 16.5 Å². The lowest BCUT2D eigenvalue weighted by Gasteiger charge is -2.13. The van der Waals surface area contributed by atoms with Crippen LogP contribution in [0, 0.1) is 34.0 Å². The Kier molecular flexibility index (Phi) is 18.3. The highest BCUT2D eigenvalue weighted by Crippen LogP contribution is 2.37. The maximum absolute atomic E-state index is 12.5. The molecule has 6 heterocycles. The standard InChI is InChI=1S/C19H15FN4O2.C19H16N4O3.C19H16N4O2/c1-26-13-4-5-14-15(9-13)17(12-3-2-7-22-11-12)16(10-21)24-18(14)19(25)23-8-6-20;1-26-13-4-5-14-15(9-13)17(12-3-2-6-21-11-12)16(10-20)23-18(14)19(25)22-7-8-24;1-3-22-19(24)18-14-7-6-13(25-2)9-15(14)17(16(10-20)23-18)12-5-4-8-21-11-12/h2-5,7,9,11H,6,8H2,1H3,(H,23,25);2-6,9,11,24H,7-8H2,1H3,(H,22,25);4-9,11H,3H2,1-2H3,(H,22,24). The third-order valence-corrected chi connectivity index (χ3v) is 11.6. The van der Waals surface area contributed by atoms with Crippen LogP contribution in [0.3, 0.4) is 0 Å². The number of carbonyl (C=O) groups is 3. The zero-order valence-corrected chi connectivity index (χ0v) is 42.0. The molecule has 0 aliphatic rings. The van der Waals surface area contributed by atoms with Gasteiger partial charge in [0.25, 0.3) is 17.7 Å². The maximum Gasteiger partial charge on any atom is 0.270 e. The van der Waals surface area contributed by atoms with Gasteiger partial charge in [-0.1, -0.05) is 18.2 Å². The van der Waals surface area contributed by atoms with E-state index in [9.17, 15) is 34.6 Å². The third-order valence-electron chi connectivity index (χ3n) is 11.6. The number of carbonyl (C=O) groups excluding carboxylic acids is 3. The quantitative estimate of drug-likeness (QED) is 0.0811. The van der Waals surface area contributed by atoms with Crippen molar-refractivity contribution in [3.63, 3.8) is 0 Å². The molecule has 0 aliphatic heterocycles.